The predicted octanol–water partition coefficient (Wildman–Crippen LogP) is 2.68. The minimum atomic E-state index is -0.733. The van der Waals surface area contributed by atoms with Crippen molar-refractivity contribution in [2.75, 3.05) is 32.7 Å². The second-order valence-electron chi connectivity index (χ2n) is 7.83. The fraction of sp³-hybridized carbons (Fsp3) is 0.667. The first-order chi connectivity index (χ1) is 13.1. The molecule has 1 saturated carbocycles. The zero-order valence-electron chi connectivity index (χ0n) is 16.3. The first-order valence-corrected chi connectivity index (χ1v) is 10.3. The summed E-state index contributed by atoms with van der Waals surface area (Å²) in [7, 11) is 0. The molecule has 6 heteroatoms. The largest absolute Gasteiger partial charge is 0.386 e. The van der Waals surface area contributed by atoms with Crippen molar-refractivity contribution in [1.29, 1.82) is 0 Å². The van der Waals surface area contributed by atoms with Gasteiger partial charge < -0.3 is 20.6 Å². The first kappa shape index (κ1) is 20.1. The van der Waals surface area contributed by atoms with Crippen LogP contribution in [0.4, 0.5) is 4.39 Å². The quantitative estimate of drug-likeness (QED) is 0.506. The third-order valence-electron chi connectivity index (χ3n) is 5.63. The summed E-state index contributed by atoms with van der Waals surface area (Å²) in [4.78, 5) is 7.11. The van der Waals surface area contributed by atoms with Crippen LogP contribution in [0.25, 0.3) is 0 Å². The topological polar surface area (TPSA) is 59.9 Å². The number of likely N-dealkylation sites (tertiary alicyclic amines) is 1. The standard InChI is InChI=1S/C21H33FN4O/c1-2-23-21(24-13-20(27)17-7-9-18(22)10-8-17)25-19-11-12-26(15-19)14-16-5-3-4-6-16/h7-10,16,19-20,27H,2-6,11-15H2,1H3,(H2,23,24,25). The van der Waals surface area contributed by atoms with Gasteiger partial charge in [-0.05, 0) is 49.8 Å². The van der Waals surface area contributed by atoms with E-state index in [9.17, 15) is 9.50 Å². The smallest absolute Gasteiger partial charge is 0.191 e. The van der Waals surface area contributed by atoms with E-state index in [2.05, 4.69) is 20.5 Å². The van der Waals surface area contributed by atoms with Gasteiger partial charge in [0.1, 0.15) is 5.82 Å². The fourth-order valence-corrected chi connectivity index (χ4v) is 4.16. The Morgan fingerprint density at radius 2 is 2.00 bits per heavy atom. The van der Waals surface area contributed by atoms with Crippen LogP contribution in [0.5, 0.6) is 0 Å². The SMILES string of the molecule is CCNC(=NCC(O)c1ccc(F)cc1)NC1CCN(CC2CCCC2)C1. The summed E-state index contributed by atoms with van der Waals surface area (Å²) < 4.78 is 13.0. The Labute approximate surface area is 162 Å². The zero-order chi connectivity index (χ0) is 19.1. The molecule has 27 heavy (non-hydrogen) atoms. The van der Waals surface area contributed by atoms with Gasteiger partial charge in [-0.2, -0.15) is 0 Å². The van der Waals surface area contributed by atoms with Gasteiger partial charge in [-0.3, -0.25) is 4.99 Å². The van der Waals surface area contributed by atoms with Gasteiger partial charge in [0.2, 0.25) is 0 Å². The highest BCUT2D eigenvalue weighted by molar-refractivity contribution is 5.80. The van der Waals surface area contributed by atoms with Crippen LogP contribution in [0.2, 0.25) is 0 Å². The Hall–Kier alpha value is -1.66. The molecule has 2 atom stereocenters. The normalized spacial score (nSPS) is 22.9. The molecule has 0 spiro atoms. The molecule has 2 aliphatic rings. The van der Waals surface area contributed by atoms with E-state index in [1.807, 2.05) is 6.92 Å². The van der Waals surface area contributed by atoms with Crippen LogP contribution >= 0.6 is 0 Å². The number of rotatable bonds is 7. The number of nitrogens with one attached hydrogen (secondary N) is 2. The molecule has 0 radical (unpaired) electrons. The van der Waals surface area contributed by atoms with Crippen molar-refractivity contribution in [3.63, 3.8) is 0 Å². The van der Waals surface area contributed by atoms with Crippen molar-refractivity contribution in [2.24, 2.45) is 10.9 Å². The molecular formula is C21H33FN4O. The number of halogens is 1. The molecule has 1 saturated heterocycles. The maximum atomic E-state index is 13.0. The lowest BCUT2D eigenvalue weighted by Crippen LogP contribution is -2.45. The molecule has 1 aliphatic carbocycles. The number of benzene rings is 1. The van der Waals surface area contributed by atoms with Crippen LogP contribution in [0.15, 0.2) is 29.3 Å². The number of aliphatic hydroxyl groups is 1. The summed E-state index contributed by atoms with van der Waals surface area (Å²) in [6, 6.07) is 6.33. The lowest BCUT2D eigenvalue weighted by molar-refractivity contribution is 0.187. The van der Waals surface area contributed by atoms with Gasteiger partial charge in [-0.1, -0.05) is 25.0 Å². The highest BCUT2D eigenvalue weighted by atomic mass is 19.1. The van der Waals surface area contributed by atoms with Crippen LogP contribution in [-0.2, 0) is 0 Å². The molecule has 3 N–H and O–H groups in total. The molecule has 3 rings (SSSR count). The van der Waals surface area contributed by atoms with E-state index in [4.69, 9.17) is 0 Å². The number of nitrogens with zero attached hydrogens (tertiary/aromatic N) is 2. The molecule has 150 valence electrons. The fourth-order valence-electron chi connectivity index (χ4n) is 4.16. The molecule has 1 aliphatic heterocycles. The third-order valence-corrected chi connectivity index (χ3v) is 5.63. The number of aliphatic hydroxyl groups excluding tert-OH is 1. The molecule has 0 amide bonds. The summed E-state index contributed by atoms with van der Waals surface area (Å²) in [6.45, 7) is 6.49. The average molecular weight is 377 g/mol. The Kier molecular flexibility index (Phi) is 7.47. The summed E-state index contributed by atoms with van der Waals surface area (Å²) in [5.41, 5.74) is 0.680. The Morgan fingerprint density at radius 1 is 1.26 bits per heavy atom. The van der Waals surface area contributed by atoms with Crippen molar-refractivity contribution < 1.29 is 9.50 Å². The van der Waals surface area contributed by atoms with E-state index in [1.54, 1.807) is 12.1 Å². The summed E-state index contributed by atoms with van der Waals surface area (Å²) in [5, 5.41) is 17.1. The van der Waals surface area contributed by atoms with Crippen molar-refractivity contribution in [3.8, 4) is 0 Å². The second-order valence-corrected chi connectivity index (χ2v) is 7.83. The van der Waals surface area contributed by atoms with E-state index in [0.29, 0.717) is 11.6 Å². The highest BCUT2D eigenvalue weighted by Gasteiger charge is 2.26. The predicted molar refractivity (Wildman–Crippen MR) is 107 cm³/mol. The average Bonchev–Trinajstić information content (AvgIpc) is 3.33. The Balaban J connectivity index is 1.49. The van der Waals surface area contributed by atoms with E-state index in [0.717, 1.165) is 37.9 Å². The van der Waals surface area contributed by atoms with Gasteiger partial charge in [-0.25, -0.2) is 4.39 Å². The molecule has 1 aromatic rings. The molecule has 0 aromatic heterocycles. The number of guanidine groups is 1. The molecule has 1 heterocycles. The highest BCUT2D eigenvalue weighted by Crippen LogP contribution is 2.26. The monoisotopic (exact) mass is 376 g/mol. The molecular weight excluding hydrogens is 343 g/mol. The molecule has 0 bridgehead atoms. The lowest BCUT2D eigenvalue weighted by atomic mass is 10.1. The number of hydrogen-bond donors (Lipinski definition) is 3. The second kappa shape index (κ2) is 10.0. The van der Waals surface area contributed by atoms with Crippen LogP contribution in [-0.4, -0.2) is 54.7 Å². The summed E-state index contributed by atoms with van der Waals surface area (Å²) in [5.74, 6) is 1.33. The zero-order valence-corrected chi connectivity index (χ0v) is 16.3. The van der Waals surface area contributed by atoms with Crippen molar-refractivity contribution >= 4 is 5.96 Å². The van der Waals surface area contributed by atoms with Crippen molar-refractivity contribution in [3.05, 3.63) is 35.6 Å². The van der Waals surface area contributed by atoms with E-state index >= 15 is 0 Å². The summed E-state index contributed by atoms with van der Waals surface area (Å²) in [6.07, 6.45) is 5.96. The van der Waals surface area contributed by atoms with Gasteiger partial charge in [0.05, 0.1) is 12.6 Å². The lowest BCUT2D eigenvalue weighted by Gasteiger charge is -2.21. The summed E-state index contributed by atoms with van der Waals surface area (Å²) >= 11 is 0. The number of aliphatic imine (C=N–C) groups is 1. The van der Waals surface area contributed by atoms with Gasteiger partial charge in [-0.15, -0.1) is 0 Å². The maximum Gasteiger partial charge on any atom is 0.191 e. The Morgan fingerprint density at radius 3 is 2.70 bits per heavy atom. The van der Waals surface area contributed by atoms with Gasteiger partial charge in [0.15, 0.2) is 5.96 Å². The minimum Gasteiger partial charge on any atom is -0.386 e. The van der Waals surface area contributed by atoms with Crippen molar-refractivity contribution in [2.45, 2.75) is 51.2 Å². The molecule has 1 aromatic carbocycles. The van der Waals surface area contributed by atoms with E-state index in [1.165, 1.54) is 44.4 Å². The third kappa shape index (κ3) is 6.18. The van der Waals surface area contributed by atoms with E-state index < -0.39 is 6.10 Å². The first-order valence-electron chi connectivity index (χ1n) is 10.3. The molecule has 2 unspecified atom stereocenters. The van der Waals surface area contributed by atoms with Crippen LogP contribution in [0.3, 0.4) is 0 Å². The van der Waals surface area contributed by atoms with Crippen LogP contribution in [0.1, 0.15) is 50.7 Å². The van der Waals surface area contributed by atoms with E-state index in [-0.39, 0.29) is 12.4 Å². The minimum absolute atomic E-state index is 0.249. The van der Waals surface area contributed by atoms with Crippen molar-refractivity contribution in [1.82, 2.24) is 15.5 Å². The van der Waals surface area contributed by atoms with Gasteiger partial charge in [0.25, 0.3) is 0 Å². The maximum absolute atomic E-state index is 13.0. The van der Waals surface area contributed by atoms with Crippen LogP contribution in [0, 0.1) is 11.7 Å². The Bertz CT molecular complexity index is 601. The molecule has 2 fully saturated rings. The van der Waals surface area contributed by atoms with Crippen LogP contribution < -0.4 is 10.6 Å². The van der Waals surface area contributed by atoms with Gasteiger partial charge >= 0.3 is 0 Å². The van der Waals surface area contributed by atoms with Gasteiger partial charge in [0, 0.05) is 32.2 Å². The number of hydrogen-bond acceptors (Lipinski definition) is 3. The molecule has 5 nitrogen and oxygen atoms in total.